The second kappa shape index (κ2) is 8.04. The minimum absolute atomic E-state index is 0.0101. The molecule has 27 heavy (non-hydrogen) atoms. The van der Waals surface area contributed by atoms with E-state index < -0.39 is 17.6 Å². The summed E-state index contributed by atoms with van der Waals surface area (Å²) in [5, 5.41) is 2.42. The molecule has 0 saturated carbocycles. The SMILES string of the molecule is O=C(CCC(=O)N1CCSc2ccccc21)Nc1cccc(C(F)(F)F)c1. The van der Waals surface area contributed by atoms with E-state index in [1.54, 1.807) is 16.7 Å². The molecule has 2 aromatic carbocycles. The molecule has 2 aromatic rings. The lowest BCUT2D eigenvalue weighted by Crippen LogP contribution is -2.35. The Balaban J connectivity index is 1.58. The smallest absolute Gasteiger partial charge is 0.326 e. The van der Waals surface area contributed by atoms with E-state index in [2.05, 4.69) is 5.32 Å². The topological polar surface area (TPSA) is 49.4 Å². The number of fused-ring (bicyclic) bond motifs is 1. The third kappa shape index (κ3) is 4.82. The standard InChI is InChI=1S/C19H17F3N2O2S/c20-19(21,22)13-4-3-5-14(12-13)23-17(25)8-9-18(26)24-10-11-27-16-7-2-1-6-15(16)24/h1-7,12H,8-11H2,(H,23,25). The first-order valence-corrected chi connectivity index (χ1v) is 9.32. The summed E-state index contributed by atoms with van der Waals surface area (Å²) in [5.41, 5.74) is 0.0535. The molecule has 2 amide bonds. The fraction of sp³-hybridized carbons (Fsp3) is 0.263. The van der Waals surface area contributed by atoms with Crippen LogP contribution in [0.1, 0.15) is 18.4 Å². The van der Waals surface area contributed by atoms with Crippen molar-refractivity contribution in [3.8, 4) is 0 Å². The van der Waals surface area contributed by atoms with E-state index in [0.717, 1.165) is 28.5 Å². The summed E-state index contributed by atoms with van der Waals surface area (Å²) >= 11 is 1.67. The number of para-hydroxylation sites is 1. The second-order valence-corrected chi connectivity index (χ2v) is 7.13. The van der Waals surface area contributed by atoms with Gasteiger partial charge in [0.25, 0.3) is 0 Å². The normalized spacial score (nSPS) is 13.8. The number of hydrogen-bond donors (Lipinski definition) is 1. The van der Waals surface area contributed by atoms with Gasteiger partial charge < -0.3 is 10.2 Å². The van der Waals surface area contributed by atoms with Gasteiger partial charge in [-0.25, -0.2) is 0 Å². The molecular weight excluding hydrogens is 377 g/mol. The molecular formula is C19H17F3N2O2S. The molecule has 8 heteroatoms. The van der Waals surface area contributed by atoms with Gasteiger partial charge in [-0.05, 0) is 30.3 Å². The van der Waals surface area contributed by atoms with Crippen LogP contribution in [-0.4, -0.2) is 24.1 Å². The molecule has 0 atom stereocenters. The highest BCUT2D eigenvalue weighted by Gasteiger charge is 2.30. The number of nitrogens with one attached hydrogen (secondary N) is 1. The Morgan fingerprint density at radius 2 is 1.85 bits per heavy atom. The maximum absolute atomic E-state index is 12.7. The highest BCUT2D eigenvalue weighted by Crippen LogP contribution is 2.34. The zero-order chi connectivity index (χ0) is 19.4. The number of halogens is 3. The van der Waals surface area contributed by atoms with Gasteiger partial charge in [-0.3, -0.25) is 9.59 Å². The van der Waals surface area contributed by atoms with Gasteiger partial charge in [-0.2, -0.15) is 13.2 Å². The summed E-state index contributed by atoms with van der Waals surface area (Å²) in [7, 11) is 0. The summed E-state index contributed by atoms with van der Waals surface area (Å²) in [6.45, 7) is 0.565. The summed E-state index contributed by atoms with van der Waals surface area (Å²) in [6.07, 6.45) is -4.58. The first-order chi connectivity index (χ1) is 12.8. The lowest BCUT2D eigenvalue weighted by atomic mass is 10.2. The average molecular weight is 394 g/mol. The van der Waals surface area contributed by atoms with E-state index in [1.807, 2.05) is 24.3 Å². The summed E-state index contributed by atoms with van der Waals surface area (Å²) in [5.74, 6) is 0.100. The maximum atomic E-state index is 12.7. The molecule has 1 aliphatic rings. The predicted molar refractivity (Wildman–Crippen MR) is 98.8 cm³/mol. The number of thioether (sulfide) groups is 1. The molecule has 0 bridgehead atoms. The van der Waals surface area contributed by atoms with E-state index >= 15 is 0 Å². The van der Waals surface area contributed by atoms with Gasteiger partial charge in [0.05, 0.1) is 11.3 Å². The molecule has 142 valence electrons. The molecule has 0 aromatic heterocycles. The van der Waals surface area contributed by atoms with Crippen molar-refractivity contribution in [3.63, 3.8) is 0 Å². The third-order valence-corrected chi connectivity index (χ3v) is 5.11. The predicted octanol–water partition coefficient (Wildman–Crippen LogP) is 4.56. The highest BCUT2D eigenvalue weighted by atomic mass is 32.2. The first-order valence-electron chi connectivity index (χ1n) is 8.34. The van der Waals surface area contributed by atoms with Crippen molar-refractivity contribution in [1.29, 1.82) is 0 Å². The molecule has 4 nitrogen and oxygen atoms in total. The zero-order valence-electron chi connectivity index (χ0n) is 14.3. The third-order valence-electron chi connectivity index (χ3n) is 4.07. The van der Waals surface area contributed by atoms with E-state index in [0.29, 0.717) is 6.54 Å². The molecule has 1 heterocycles. The maximum Gasteiger partial charge on any atom is 0.416 e. The van der Waals surface area contributed by atoms with Crippen molar-refractivity contribution in [2.24, 2.45) is 0 Å². The number of anilines is 2. The number of carbonyl (C=O) groups excluding carboxylic acids is 2. The van der Waals surface area contributed by atoms with Crippen molar-refractivity contribution in [3.05, 3.63) is 54.1 Å². The van der Waals surface area contributed by atoms with Gasteiger partial charge in [-0.15, -0.1) is 11.8 Å². The molecule has 0 fully saturated rings. The van der Waals surface area contributed by atoms with Crippen molar-refractivity contribution in [2.75, 3.05) is 22.5 Å². The minimum Gasteiger partial charge on any atom is -0.326 e. The van der Waals surface area contributed by atoms with Crippen LogP contribution in [0.4, 0.5) is 24.5 Å². The zero-order valence-corrected chi connectivity index (χ0v) is 15.1. The van der Waals surface area contributed by atoms with Crippen LogP contribution < -0.4 is 10.2 Å². The van der Waals surface area contributed by atoms with Crippen LogP contribution in [-0.2, 0) is 15.8 Å². The molecule has 1 N–H and O–H groups in total. The van der Waals surface area contributed by atoms with Crippen LogP contribution in [0.15, 0.2) is 53.4 Å². The molecule has 3 rings (SSSR count). The van der Waals surface area contributed by atoms with Gasteiger partial charge in [0.2, 0.25) is 11.8 Å². The van der Waals surface area contributed by atoms with E-state index in [1.165, 1.54) is 12.1 Å². The summed E-state index contributed by atoms with van der Waals surface area (Å²) in [6, 6.07) is 12.0. The largest absolute Gasteiger partial charge is 0.416 e. The fourth-order valence-electron chi connectivity index (χ4n) is 2.78. The van der Waals surface area contributed by atoms with Gasteiger partial charge in [0.1, 0.15) is 0 Å². The minimum atomic E-state index is -4.48. The number of rotatable bonds is 4. The number of alkyl halides is 3. The molecule has 0 spiro atoms. The Hall–Kier alpha value is -2.48. The van der Waals surface area contributed by atoms with E-state index in [4.69, 9.17) is 0 Å². The molecule has 0 saturated heterocycles. The second-order valence-electron chi connectivity index (χ2n) is 5.99. The Kier molecular flexibility index (Phi) is 5.74. The molecule has 0 unspecified atom stereocenters. The Bertz CT molecular complexity index is 855. The van der Waals surface area contributed by atoms with Gasteiger partial charge in [-0.1, -0.05) is 18.2 Å². The van der Waals surface area contributed by atoms with Crippen LogP contribution in [0.3, 0.4) is 0 Å². The Labute approximate surface area is 158 Å². The van der Waals surface area contributed by atoms with Crippen LogP contribution in [0.2, 0.25) is 0 Å². The molecule has 0 radical (unpaired) electrons. The van der Waals surface area contributed by atoms with Crippen LogP contribution >= 0.6 is 11.8 Å². The number of hydrogen-bond acceptors (Lipinski definition) is 3. The van der Waals surface area contributed by atoms with Crippen molar-refractivity contribution in [2.45, 2.75) is 23.9 Å². The van der Waals surface area contributed by atoms with Crippen molar-refractivity contribution in [1.82, 2.24) is 0 Å². The highest BCUT2D eigenvalue weighted by molar-refractivity contribution is 7.99. The monoisotopic (exact) mass is 394 g/mol. The van der Waals surface area contributed by atoms with E-state index in [-0.39, 0.29) is 24.4 Å². The average Bonchev–Trinajstić information content (AvgIpc) is 2.65. The first kappa shape index (κ1) is 19.3. The lowest BCUT2D eigenvalue weighted by molar-refractivity contribution is -0.137. The fourth-order valence-corrected chi connectivity index (χ4v) is 3.78. The quantitative estimate of drug-likeness (QED) is 0.827. The lowest BCUT2D eigenvalue weighted by Gasteiger charge is -2.29. The van der Waals surface area contributed by atoms with Crippen molar-refractivity contribution >= 4 is 35.0 Å². The van der Waals surface area contributed by atoms with Gasteiger partial charge in [0, 0.05) is 35.7 Å². The van der Waals surface area contributed by atoms with Crippen LogP contribution in [0.5, 0.6) is 0 Å². The summed E-state index contributed by atoms with van der Waals surface area (Å²) < 4.78 is 38.2. The number of carbonyl (C=O) groups is 2. The van der Waals surface area contributed by atoms with E-state index in [9.17, 15) is 22.8 Å². The number of amides is 2. The molecule has 1 aliphatic heterocycles. The van der Waals surface area contributed by atoms with Crippen LogP contribution in [0.25, 0.3) is 0 Å². The summed E-state index contributed by atoms with van der Waals surface area (Å²) in [4.78, 5) is 27.2. The van der Waals surface area contributed by atoms with Gasteiger partial charge in [0.15, 0.2) is 0 Å². The number of nitrogens with zero attached hydrogens (tertiary/aromatic N) is 1. The Morgan fingerprint density at radius 3 is 2.63 bits per heavy atom. The Morgan fingerprint density at radius 1 is 1.07 bits per heavy atom. The van der Waals surface area contributed by atoms with Gasteiger partial charge >= 0.3 is 6.18 Å². The molecule has 0 aliphatic carbocycles. The van der Waals surface area contributed by atoms with Crippen LogP contribution in [0, 0.1) is 0 Å². The number of benzene rings is 2. The van der Waals surface area contributed by atoms with Crippen molar-refractivity contribution < 1.29 is 22.8 Å².